The molecule has 0 spiro atoms. The van der Waals surface area contributed by atoms with Gasteiger partial charge in [0.1, 0.15) is 36.2 Å². The highest BCUT2D eigenvalue weighted by Gasteiger charge is 2.23. The Balaban J connectivity index is 1.73. The Bertz CT molecular complexity index is 1290. The number of hydrogen-bond acceptors (Lipinski definition) is 5. The molecule has 1 aliphatic rings. The molecule has 0 amide bonds. The molecule has 9 heteroatoms. The van der Waals surface area contributed by atoms with E-state index in [0.29, 0.717) is 53.3 Å². The van der Waals surface area contributed by atoms with Crippen molar-refractivity contribution in [3.63, 3.8) is 0 Å². The van der Waals surface area contributed by atoms with Crippen LogP contribution in [0.4, 0.5) is 15.9 Å². The van der Waals surface area contributed by atoms with Gasteiger partial charge in [0.05, 0.1) is 17.7 Å². The molecule has 2 aromatic carbocycles. The Kier molecular flexibility index (Phi) is 5.00. The molecule has 1 N–H and O–H groups in total. The van der Waals surface area contributed by atoms with Crippen molar-refractivity contribution in [3.8, 4) is 28.5 Å². The molecule has 0 aliphatic carbocycles. The van der Waals surface area contributed by atoms with Crippen LogP contribution in [0.2, 0.25) is 10.2 Å². The number of nitrogens with zero attached hydrogens (tertiary/aromatic N) is 2. The molecule has 4 aromatic rings. The van der Waals surface area contributed by atoms with E-state index in [1.165, 1.54) is 13.2 Å². The molecule has 0 fully saturated rings. The van der Waals surface area contributed by atoms with Gasteiger partial charge >= 0.3 is 0 Å². The van der Waals surface area contributed by atoms with E-state index in [-0.39, 0.29) is 15.7 Å². The van der Waals surface area contributed by atoms with Crippen LogP contribution in [0.1, 0.15) is 0 Å². The van der Waals surface area contributed by atoms with Gasteiger partial charge in [-0.25, -0.2) is 9.37 Å². The summed E-state index contributed by atoms with van der Waals surface area (Å²) in [6, 6.07) is 13.4. The lowest BCUT2D eigenvalue weighted by Crippen LogP contribution is -2.15. The first kappa shape index (κ1) is 19.8. The fourth-order valence-corrected chi connectivity index (χ4v) is 4.06. The Morgan fingerprint density at radius 1 is 1.06 bits per heavy atom. The van der Waals surface area contributed by atoms with Gasteiger partial charge in [-0.2, -0.15) is 0 Å². The second kappa shape index (κ2) is 7.83. The molecule has 158 valence electrons. The molecule has 0 unspecified atom stereocenters. The largest absolute Gasteiger partial charge is 0.494 e. The summed E-state index contributed by atoms with van der Waals surface area (Å²) >= 11 is 12.9. The fourth-order valence-electron chi connectivity index (χ4n) is 3.50. The minimum absolute atomic E-state index is 0.169. The lowest BCUT2D eigenvalue weighted by Gasteiger charge is -2.19. The van der Waals surface area contributed by atoms with Crippen LogP contribution in [0.5, 0.6) is 17.2 Å². The van der Waals surface area contributed by atoms with Crippen LogP contribution in [0.3, 0.4) is 0 Å². The molecule has 5 rings (SSSR count). The standard InChI is InChI=1S/C22H16Cl2FN3O3/c1-29-16-7-8-18-27-20(19-13(23)3-2-4-14(19)25)22(28(18)21(16)24)26-12-5-6-15-17(11-12)31-10-9-30-15/h2-8,11,26H,9-10H2,1H3. The van der Waals surface area contributed by atoms with Crippen molar-refractivity contribution in [2.24, 2.45) is 0 Å². The van der Waals surface area contributed by atoms with E-state index in [9.17, 15) is 4.39 Å². The third-order valence-electron chi connectivity index (χ3n) is 4.91. The predicted octanol–water partition coefficient (Wildman–Crippen LogP) is 5.97. The molecule has 0 saturated heterocycles. The number of nitrogens with one attached hydrogen (secondary N) is 1. The van der Waals surface area contributed by atoms with Gasteiger partial charge in [-0.3, -0.25) is 4.40 Å². The van der Waals surface area contributed by atoms with E-state index in [2.05, 4.69) is 10.3 Å². The van der Waals surface area contributed by atoms with Crippen molar-refractivity contribution in [1.82, 2.24) is 9.38 Å². The third-order valence-corrected chi connectivity index (χ3v) is 5.58. The molecule has 6 nitrogen and oxygen atoms in total. The topological polar surface area (TPSA) is 57.0 Å². The summed E-state index contributed by atoms with van der Waals surface area (Å²) in [6.45, 7) is 0.962. The van der Waals surface area contributed by atoms with E-state index in [4.69, 9.17) is 37.4 Å². The van der Waals surface area contributed by atoms with Crippen molar-refractivity contribution in [3.05, 3.63) is 64.5 Å². The lowest BCUT2D eigenvalue weighted by atomic mass is 10.1. The summed E-state index contributed by atoms with van der Waals surface area (Å²) in [7, 11) is 1.52. The molecule has 0 atom stereocenters. The SMILES string of the molecule is COc1ccc2nc(-c3c(F)cccc3Cl)c(Nc3ccc4c(c3)OCCO4)n2c1Cl. The molecule has 2 aromatic heterocycles. The van der Waals surface area contributed by atoms with Crippen LogP contribution in [-0.2, 0) is 0 Å². The van der Waals surface area contributed by atoms with Crippen molar-refractivity contribution in [1.29, 1.82) is 0 Å². The van der Waals surface area contributed by atoms with E-state index >= 15 is 0 Å². The highest BCUT2D eigenvalue weighted by Crippen LogP contribution is 2.41. The summed E-state index contributed by atoms with van der Waals surface area (Å²) in [6.07, 6.45) is 0. The number of aromatic nitrogens is 2. The van der Waals surface area contributed by atoms with E-state index < -0.39 is 5.82 Å². The second-order valence-electron chi connectivity index (χ2n) is 6.78. The Hall–Kier alpha value is -3.16. The van der Waals surface area contributed by atoms with Crippen LogP contribution in [0, 0.1) is 5.82 Å². The summed E-state index contributed by atoms with van der Waals surface area (Å²) in [5.74, 6) is 1.65. The van der Waals surface area contributed by atoms with E-state index in [1.54, 1.807) is 40.8 Å². The molecule has 3 heterocycles. The minimum atomic E-state index is -0.496. The summed E-state index contributed by atoms with van der Waals surface area (Å²) in [4.78, 5) is 4.60. The van der Waals surface area contributed by atoms with E-state index in [0.717, 1.165) is 0 Å². The molecule has 0 radical (unpaired) electrons. The Morgan fingerprint density at radius 3 is 2.65 bits per heavy atom. The van der Waals surface area contributed by atoms with Gasteiger partial charge < -0.3 is 19.5 Å². The highest BCUT2D eigenvalue weighted by atomic mass is 35.5. The van der Waals surface area contributed by atoms with Crippen molar-refractivity contribution in [2.75, 3.05) is 25.6 Å². The summed E-state index contributed by atoms with van der Waals surface area (Å²) < 4.78 is 33.0. The summed E-state index contributed by atoms with van der Waals surface area (Å²) in [5.41, 5.74) is 1.66. The maximum absolute atomic E-state index is 14.8. The molecule has 31 heavy (non-hydrogen) atoms. The smallest absolute Gasteiger partial charge is 0.163 e. The second-order valence-corrected chi connectivity index (χ2v) is 7.54. The zero-order valence-electron chi connectivity index (χ0n) is 16.3. The maximum atomic E-state index is 14.8. The number of imidazole rings is 1. The van der Waals surface area contributed by atoms with Gasteiger partial charge in [0.2, 0.25) is 0 Å². The van der Waals surface area contributed by atoms with Crippen LogP contribution in [0.15, 0.2) is 48.5 Å². The van der Waals surface area contributed by atoms with Crippen LogP contribution >= 0.6 is 23.2 Å². The first-order chi connectivity index (χ1) is 15.1. The van der Waals surface area contributed by atoms with Gasteiger partial charge in [-0.15, -0.1) is 0 Å². The number of benzene rings is 2. The number of rotatable bonds is 4. The molecular formula is C22H16Cl2FN3O3. The zero-order chi connectivity index (χ0) is 21.5. The Morgan fingerprint density at radius 2 is 1.87 bits per heavy atom. The van der Waals surface area contributed by atoms with E-state index in [1.807, 2.05) is 6.07 Å². The maximum Gasteiger partial charge on any atom is 0.163 e. The van der Waals surface area contributed by atoms with Crippen LogP contribution in [0.25, 0.3) is 16.9 Å². The number of halogens is 3. The quantitative estimate of drug-likeness (QED) is 0.381. The fraction of sp³-hybridized carbons (Fsp3) is 0.136. The third kappa shape index (κ3) is 3.40. The highest BCUT2D eigenvalue weighted by molar-refractivity contribution is 6.33. The van der Waals surface area contributed by atoms with Crippen molar-refractivity contribution in [2.45, 2.75) is 0 Å². The average Bonchev–Trinajstić information content (AvgIpc) is 3.12. The van der Waals surface area contributed by atoms with Crippen molar-refractivity contribution < 1.29 is 18.6 Å². The lowest BCUT2D eigenvalue weighted by molar-refractivity contribution is 0.171. The van der Waals surface area contributed by atoms with Gasteiger partial charge in [0.25, 0.3) is 0 Å². The number of anilines is 2. The molecule has 0 saturated carbocycles. The molecular weight excluding hydrogens is 444 g/mol. The molecule has 0 bridgehead atoms. The number of ether oxygens (including phenoxy) is 3. The average molecular weight is 460 g/mol. The zero-order valence-corrected chi connectivity index (χ0v) is 17.8. The number of hydrogen-bond donors (Lipinski definition) is 1. The predicted molar refractivity (Wildman–Crippen MR) is 118 cm³/mol. The first-order valence-corrected chi connectivity index (χ1v) is 10.2. The van der Waals surface area contributed by atoms with Gasteiger partial charge in [0, 0.05) is 11.8 Å². The van der Waals surface area contributed by atoms with Crippen LogP contribution < -0.4 is 19.5 Å². The Labute approximate surface area is 187 Å². The van der Waals surface area contributed by atoms with Gasteiger partial charge in [-0.1, -0.05) is 29.3 Å². The minimum Gasteiger partial charge on any atom is -0.494 e. The molecule has 1 aliphatic heterocycles. The monoisotopic (exact) mass is 459 g/mol. The van der Waals surface area contributed by atoms with Crippen molar-refractivity contribution >= 4 is 40.4 Å². The number of fused-ring (bicyclic) bond motifs is 2. The first-order valence-electron chi connectivity index (χ1n) is 9.43. The summed E-state index contributed by atoms with van der Waals surface area (Å²) in [5, 5.41) is 3.81. The number of methoxy groups -OCH3 is 1. The van der Waals surface area contributed by atoms with Gasteiger partial charge in [0.15, 0.2) is 22.4 Å². The number of pyridine rings is 1. The van der Waals surface area contributed by atoms with Gasteiger partial charge in [-0.05, 0) is 36.4 Å². The van der Waals surface area contributed by atoms with Crippen LogP contribution in [-0.4, -0.2) is 29.7 Å². The normalized spacial score (nSPS) is 12.8.